The Kier molecular flexibility index (Phi) is 8.43. The van der Waals surface area contributed by atoms with Gasteiger partial charge in [-0.3, -0.25) is 14.4 Å². The standard InChI is InChI=1S/C30H31N3O5/c1-19(2)17-25(32-23-13-9-21(10-14-23)29(36)31-16-15-28(34)35)30(37)33-24-11-7-20(8-12-24)27-18-22-5-3-4-6-26(22)38-27/h3-14,18-19,25,32H,15-17H2,1-2H3,(H,31,36)(H,33,37)(H,34,35)/t25-/m1/s1. The van der Waals surface area contributed by atoms with Crippen molar-refractivity contribution in [2.24, 2.45) is 5.92 Å². The average Bonchev–Trinajstić information content (AvgIpc) is 3.33. The van der Waals surface area contributed by atoms with E-state index in [1.54, 1.807) is 24.3 Å². The van der Waals surface area contributed by atoms with E-state index in [2.05, 4.69) is 29.8 Å². The number of furan rings is 1. The van der Waals surface area contributed by atoms with Gasteiger partial charge in [-0.25, -0.2) is 0 Å². The maximum absolute atomic E-state index is 13.2. The lowest BCUT2D eigenvalue weighted by atomic mass is 10.0. The van der Waals surface area contributed by atoms with Crippen molar-refractivity contribution < 1.29 is 23.9 Å². The van der Waals surface area contributed by atoms with E-state index in [0.717, 1.165) is 22.3 Å². The quantitative estimate of drug-likeness (QED) is 0.202. The molecule has 0 aliphatic carbocycles. The summed E-state index contributed by atoms with van der Waals surface area (Å²) in [5, 5.41) is 18.6. The molecule has 196 valence electrons. The van der Waals surface area contributed by atoms with Crippen molar-refractivity contribution in [1.82, 2.24) is 5.32 Å². The van der Waals surface area contributed by atoms with Crippen LogP contribution in [0.15, 0.2) is 83.3 Å². The predicted molar refractivity (Wildman–Crippen MR) is 148 cm³/mol. The molecule has 4 rings (SSSR count). The van der Waals surface area contributed by atoms with Crippen molar-refractivity contribution in [3.05, 3.63) is 84.4 Å². The monoisotopic (exact) mass is 513 g/mol. The normalized spacial score (nSPS) is 11.8. The van der Waals surface area contributed by atoms with E-state index >= 15 is 0 Å². The van der Waals surface area contributed by atoms with Gasteiger partial charge < -0.3 is 25.5 Å². The minimum atomic E-state index is -0.971. The first kappa shape index (κ1) is 26.5. The maximum Gasteiger partial charge on any atom is 0.305 e. The third kappa shape index (κ3) is 7.00. The number of rotatable bonds is 11. The van der Waals surface area contributed by atoms with Crippen LogP contribution < -0.4 is 16.0 Å². The first-order valence-electron chi connectivity index (χ1n) is 12.5. The Hall–Kier alpha value is -4.59. The highest BCUT2D eigenvalue weighted by Gasteiger charge is 2.20. The smallest absolute Gasteiger partial charge is 0.305 e. The van der Waals surface area contributed by atoms with E-state index in [1.165, 1.54) is 0 Å². The van der Waals surface area contributed by atoms with Gasteiger partial charge in [-0.2, -0.15) is 0 Å². The first-order chi connectivity index (χ1) is 18.3. The highest BCUT2D eigenvalue weighted by atomic mass is 16.4. The predicted octanol–water partition coefficient (Wildman–Crippen LogP) is 5.77. The topological polar surface area (TPSA) is 121 Å². The lowest BCUT2D eigenvalue weighted by molar-refractivity contribution is -0.136. The first-order valence-corrected chi connectivity index (χ1v) is 12.5. The summed E-state index contributed by atoms with van der Waals surface area (Å²) in [6.07, 6.45) is 0.473. The van der Waals surface area contributed by atoms with Crippen LogP contribution >= 0.6 is 0 Å². The van der Waals surface area contributed by atoms with Crippen molar-refractivity contribution in [2.75, 3.05) is 17.2 Å². The number of carboxylic acid groups (broad SMARTS) is 1. The van der Waals surface area contributed by atoms with Crippen LogP contribution in [0.2, 0.25) is 0 Å². The van der Waals surface area contributed by atoms with Crippen LogP contribution in [-0.2, 0) is 9.59 Å². The van der Waals surface area contributed by atoms with Gasteiger partial charge in [0.15, 0.2) is 0 Å². The molecular weight excluding hydrogens is 482 g/mol. The molecule has 2 amide bonds. The lowest BCUT2D eigenvalue weighted by Crippen LogP contribution is -2.35. The van der Waals surface area contributed by atoms with Gasteiger partial charge in [0.2, 0.25) is 5.91 Å². The van der Waals surface area contributed by atoms with Gasteiger partial charge in [-0.15, -0.1) is 0 Å². The number of nitrogens with one attached hydrogen (secondary N) is 3. The lowest BCUT2D eigenvalue weighted by Gasteiger charge is -2.21. The average molecular weight is 514 g/mol. The Labute approximate surface area is 221 Å². The number of fused-ring (bicyclic) bond motifs is 1. The molecule has 1 aromatic heterocycles. The second-order valence-corrected chi connectivity index (χ2v) is 9.52. The van der Waals surface area contributed by atoms with Crippen LogP contribution in [0.25, 0.3) is 22.3 Å². The molecule has 3 aromatic carbocycles. The van der Waals surface area contributed by atoms with E-state index in [0.29, 0.717) is 23.4 Å². The van der Waals surface area contributed by atoms with E-state index < -0.39 is 12.0 Å². The minimum absolute atomic E-state index is 0.0596. The summed E-state index contributed by atoms with van der Waals surface area (Å²) in [5.41, 5.74) is 3.54. The number of benzene rings is 3. The second kappa shape index (κ2) is 12.1. The molecule has 0 spiro atoms. The maximum atomic E-state index is 13.2. The summed E-state index contributed by atoms with van der Waals surface area (Å²) in [7, 11) is 0. The van der Waals surface area contributed by atoms with Gasteiger partial charge in [0.25, 0.3) is 5.91 Å². The number of anilines is 2. The summed E-state index contributed by atoms with van der Waals surface area (Å²) >= 11 is 0. The Balaban J connectivity index is 1.39. The third-order valence-electron chi connectivity index (χ3n) is 6.00. The number of hydrogen-bond acceptors (Lipinski definition) is 5. The van der Waals surface area contributed by atoms with E-state index in [9.17, 15) is 14.4 Å². The number of aliphatic carboxylic acids is 1. The SMILES string of the molecule is CC(C)C[C@@H](Nc1ccc(C(=O)NCCC(=O)O)cc1)C(=O)Nc1ccc(-c2cc3ccccc3o2)cc1. The Morgan fingerprint density at radius 3 is 2.24 bits per heavy atom. The highest BCUT2D eigenvalue weighted by Crippen LogP contribution is 2.28. The zero-order valence-electron chi connectivity index (χ0n) is 21.4. The Bertz CT molecular complexity index is 1380. The Morgan fingerprint density at radius 1 is 0.895 bits per heavy atom. The van der Waals surface area contributed by atoms with E-state index in [1.807, 2.05) is 54.6 Å². The second-order valence-electron chi connectivity index (χ2n) is 9.52. The molecule has 0 radical (unpaired) electrons. The zero-order chi connectivity index (χ0) is 27.1. The molecule has 0 unspecified atom stereocenters. The fourth-order valence-electron chi connectivity index (χ4n) is 4.08. The van der Waals surface area contributed by atoms with Crippen molar-refractivity contribution in [1.29, 1.82) is 0 Å². The van der Waals surface area contributed by atoms with Crippen molar-refractivity contribution >= 4 is 40.1 Å². The summed E-state index contributed by atoms with van der Waals surface area (Å²) in [6.45, 7) is 4.16. The van der Waals surface area contributed by atoms with Crippen molar-refractivity contribution in [3.63, 3.8) is 0 Å². The van der Waals surface area contributed by atoms with Gasteiger partial charge in [-0.05, 0) is 73.0 Å². The molecule has 0 aliphatic rings. The third-order valence-corrected chi connectivity index (χ3v) is 6.00. The minimum Gasteiger partial charge on any atom is -0.481 e. The molecule has 4 aromatic rings. The van der Waals surface area contributed by atoms with Gasteiger partial charge in [-0.1, -0.05) is 32.0 Å². The van der Waals surface area contributed by atoms with Crippen LogP contribution in [0.3, 0.4) is 0 Å². The van der Waals surface area contributed by atoms with E-state index in [-0.39, 0.29) is 30.7 Å². The summed E-state index contributed by atoms with van der Waals surface area (Å²) in [4.78, 5) is 36.0. The molecule has 0 aliphatic heterocycles. The summed E-state index contributed by atoms with van der Waals surface area (Å²) in [5.74, 6) is -0.442. The van der Waals surface area contributed by atoms with Gasteiger partial charge in [0, 0.05) is 34.4 Å². The van der Waals surface area contributed by atoms with Gasteiger partial charge in [0.1, 0.15) is 17.4 Å². The zero-order valence-corrected chi connectivity index (χ0v) is 21.4. The van der Waals surface area contributed by atoms with Crippen LogP contribution in [0.1, 0.15) is 37.0 Å². The highest BCUT2D eigenvalue weighted by molar-refractivity contribution is 5.97. The van der Waals surface area contributed by atoms with E-state index in [4.69, 9.17) is 9.52 Å². The summed E-state index contributed by atoms with van der Waals surface area (Å²) in [6, 6.07) is 23.6. The molecule has 1 heterocycles. The van der Waals surface area contributed by atoms with Crippen LogP contribution in [0.4, 0.5) is 11.4 Å². The molecule has 38 heavy (non-hydrogen) atoms. The number of hydrogen-bond donors (Lipinski definition) is 4. The molecule has 8 heteroatoms. The largest absolute Gasteiger partial charge is 0.481 e. The molecule has 0 fully saturated rings. The molecule has 4 N–H and O–H groups in total. The summed E-state index contributed by atoms with van der Waals surface area (Å²) < 4.78 is 5.93. The molecule has 1 atom stereocenters. The fourth-order valence-corrected chi connectivity index (χ4v) is 4.08. The number of amides is 2. The van der Waals surface area contributed by atoms with Gasteiger partial charge in [0.05, 0.1) is 6.42 Å². The molecule has 0 bridgehead atoms. The van der Waals surface area contributed by atoms with Crippen LogP contribution in [-0.4, -0.2) is 35.5 Å². The number of carboxylic acids is 1. The molecule has 0 saturated heterocycles. The Morgan fingerprint density at radius 2 is 1.58 bits per heavy atom. The number of carbonyl (C=O) groups excluding carboxylic acids is 2. The number of para-hydroxylation sites is 1. The van der Waals surface area contributed by atoms with Crippen LogP contribution in [0.5, 0.6) is 0 Å². The van der Waals surface area contributed by atoms with Gasteiger partial charge >= 0.3 is 5.97 Å². The molecule has 8 nitrogen and oxygen atoms in total. The fraction of sp³-hybridized carbons (Fsp3) is 0.233. The van der Waals surface area contributed by atoms with Crippen molar-refractivity contribution in [3.8, 4) is 11.3 Å². The van der Waals surface area contributed by atoms with Crippen molar-refractivity contribution in [2.45, 2.75) is 32.7 Å². The van der Waals surface area contributed by atoms with Crippen LogP contribution in [0, 0.1) is 5.92 Å². The molecular formula is C30H31N3O5. The number of carbonyl (C=O) groups is 3. The molecule has 0 saturated carbocycles.